The number of carbonyl (C=O) groups is 1. The van der Waals surface area contributed by atoms with Crippen molar-refractivity contribution in [1.82, 2.24) is 5.32 Å². The number of hydrogen-bond acceptors (Lipinski definition) is 3. The summed E-state index contributed by atoms with van der Waals surface area (Å²) in [5.41, 5.74) is 0. The number of rotatable bonds is 3. The summed E-state index contributed by atoms with van der Waals surface area (Å²) in [6.07, 6.45) is 3.52. The summed E-state index contributed by atoms with van der Waals surface area (Å²) < 4.78 is 0. The van der Waals surface area contributed by atoms with Gasteiger partial charge in [-0.2, -0.15) is 0 Å². The van der Waals surface area contributed by atoms with Crippen molar-refractivity contribution in [3.05, 3.63) is 0 Å². The maximum absolute atomic E-state index is 10.1. The van der Waals surface area contributed by atoms with Gasteiger partial charge in [0, 0.05) is 18.5 Å². The fourth-order valence-electron chi connectivity index (χ4n) is 1.35. The highest BCUT2D eigenvalue weighted by molar-refractivity contribution is 5.50. The summed E-state index contributed by atoms with van der Waals surface area (Å²) in [5, 5.41) is 11.9. The van der Waals surface area contributed by atoms with Gasteiger partial charge in [0.1, 0.15) is 6.29 Å². The van der Waals surface area contributed by atoms with E-state index in [2.05, 4.69) is 5.32 Å². The molecule has 0 radical (unpaired) electrons. The third-order valence-corrected chi connectivity index (χ3v) is 1.94. The first kappa shape index (κ1) is 7.69. The van der Waals surface area contributed by atoms with Gasteiger partial charge in [-0.1, -0.05) is 0 Å². The molecule has 3 heteroatoms. The Hall–Kier alpha value is -0.410. The van der Waals surface area contributed by atoms with E-state index in [0.29, 0.717) is 12.5 Å². The van der Waals surface area contributed by atoms with E-state index in [1.807, 2.05) is 0 Å². The second kappa shape index (κ2) is 3.68. The molecule has 1 aliphatic heterocycles. The van der Waals surface area contributed by atoms with E-state index in [0.717, 1.165) is 19.1 Å². The molecular formula is C7H13NO2. The monoisotopic (exact) mass is 143 g/mol. The van der Waals surface area contributed by atoms with Crippen LogP contribution in [0.1, 0.15) is 19.3 Å². The molecule has 0 aromatic rings. The van der Waals surface area contributed by atoms with Crippen molar-refractivity contribution in [2.45, 2.75) is 31.3 Å². The Morgan fingerprint density at radius 3 is 2.70 bits per heavy atom. The minimum atomic E-state index is 0.190. The normalized spacial score (nSPS) is 32.5. The van der Waals surface area contributed by atoms with Gasteiger partial charge in [-0.05, 0) is 12.8 Å². The van der Waals surface area contributed by atoms with Gasteiger partial charge in [0.15, 0.2) is 0 Å². The largest absolute Gasteiger partial charge is 0.395 e. The third kappa shape index (κ3) is 1.78. The minimum absolute atomic E-state index is 0.190. The van der Waals surface area contributed by atoms with Crippen molar-refractivity contribution in [2.24, 2.45) is 0 Å². The summed E-state index contributed by atoms with van der Waals surface area (Å²) >= 11 is 0. The van der Waals surface area contributed by atoms with Gasteiger partial charge in [0.25, 0.3) is 0 Å². The molecule has 1 heterocycles. The maximum Gasteiger partial charge on any atom is 0.121 e. The van der Waals surface area contributed by atoms with Gasteiger partial charge in [-0.25, -0.2) is 0 Å². The molecule has 0 bridgehead atoms. The lowest BCUT2D eigenvalue weighted by molar-refractivity contribution is -0.108. The van der Waals surface area contributed by atoms with E-state index < -0.39 is 0 Å². The molecule has 3 nitrogen and oxygen atoms in total. The Morgan fingerprint density at radius 2 is 2.20 bits per heavy atom. The van der Waals surface area contributed by atoms with E-state index in [1.165, 1.54) is 0 Å². The molecule has 2 unspecified atom stereocenters. The van der Waals surface area contributed by atoms with Gasteiger partial charge in [-0.15, -0.1) is 0 Å². The van der Waals surface area contributed by atoms with Gasteiger partial charge >= 0.3 is 0 Å². The zero-order valence-corrected chi connectivity index (χ0v) is 5.92. The second-order valence-corrected chi connectivity index (χ2v) is 2.72. The van der Waals surface area contributed by atoms with Crippen LogP contribution >= 0.6 is 0 Å². The number of aliphatic hydroxyl groups excluding tert-OH is 1. The van der Waals surface area contributed by atoms with Crippen molar-refractivity contribution in [1.29, 1.82) is 0 Å². The number of aliphatic hydroxyl groups is 1. The predicted octanol–water partition coefficient (Wildman–Crippen LogP) is -0.312. The molecule has 0 saturated carbocycles. The van der Waals surface area contributed by atoms with Crippen LogP contribution in [0.25, 0.3) is 0 Å². The lowest BCUT2D eigenvalue weighted by Gasteiger charge is -2.08. The smallest absolute Gasteiger partial charge is 0.121 e. The molecule has 1 aliphatic rings. The molecule has 0 amide bonds. The summed E-state index contributed by atoms with van der Waals surface area (Å²) in [6, 6.07) is 0.541. The molecule has 58 valence electrons. The number of carbonyl (C=O) groups excluding carboxylic acids is 1. The van der Waals surface area contributed by atoms with E-state index in [-0.39, 0.29) is 12.6 Å². The topological polar surface area (TPSA) is 49.3 Å². The van der Waals surface area contributed by atoms with Crippen LogP contribution in [0.5, 0.6) is 0 Å². The Bertz CT molecular complexity index is 116. The molecule has 0 aromatic carbocycles. The Kier molecular flexibility index (Phi) is 2.83. The molecule has 2 atom stereocenters. The second-order valence-electron chi connectivity index (χ2n) is 2.72. The highest BCUT2D eigenvalue weighted by atomic mass is 16.3. The van der Waals surface area contributed by atoms with Gasteiger partial charge in [0.05, 0.1) is 6.61 Å². The van der Waals surface area contributed by atoms with Crippen LogP contribution in [-0.4, -0.2) is 30.1 Å². The predicted molar refractivity (Wildman–Crippen MR) is 37.7 cm³/mol. The zero-order valence-electron chi connectivity index (χ0n) is 5.92. The Balaban J connectivity index is 2.21. The number of aldehydes is 1. The van der Waals surface area contributed by atoms with Crippen molar-refractivity contribution < 1.29 is 9.90 Å². The number of hydrogen-bond donors (Lipinski definition) is 2. The SMILES string of the molecule is O=CCC1CCC(CO)N1. The molecule has 1 fully saturated rings. The van der Waals surface area contributed by atoms with Crippen LogP contribution in [0.15, 0.2) is 0 Å². The van der Waals surface area contributed by atoms with E-state index >= 15 is 0 Å². The quantitative estimate of drug-likeness (QED) is 0.533. The standard InChI is InChI=1S/C7H13NO2/c9-4-3-6-1-2-7(5-10)8-6/h4,6-8,10H,1-3,5H2. The Labute approximate surface area is 60.4 Å². The molecule has 1 rings (SSSR count). The zero-order chi connectivity index (χ0) is 7.40. The van der Waals surface area contributed by atoms with E-state index in [1.54, 1.807) is 0 Å². The van der Waals surface area contributed by atoms with Crippen molar-refractivity contribution >= 4 is 6.29 Å². The minimum Gasteiger partial charge on any atom is -0.395 e. The lowest BCUT2D eigenvalue weighted by Crippen LogP contribution is -2.31. The fraction of sp³-hybridized carbons (Fsp3) is 0.857. The highest BCUT2D eigenvalue weighted by Gasteiger charge is 2.21. The van der Waals surface area contributed by atoms with Crippen molar-refractivity contribution in [2.75, 3.05) is 6.61 Å². The molecule has 0 aromatic heterocycles. The van der Waals surface area contributed by atoms with Crippen LogP contribution < -0.4 is 5.32 Å². The molecule has 10 heavy (non-hydrogen) atoms. The van der Waals surface area contributed by atoms with Crippen molar-refractivity contribution in [3.8, 4) is 0 Å². The molecule has 0 aliphatic carbocycles. The van der Waals surface area contributed by atoms with Crippen LogP contribution in [0.4, 0.5) is 0 Å². The third-order valence-electron chi connectivity index (χ3n) is 1.94. The van der Waals surface area contributed by atoms with Crippen LogP contribution in [0.3, 0.4) is 0 Å². The van der Waals surface area contributed by atoms with Gasteiger partial charge in [0.2, 0.25) is 0 Å². The van der Waals surface area contributed by atoms with Crippen LogP contribution in [0, 0.1) is 0 Å². The average molecular weight is 143 g/mol. The van der Waals surface area contributed by atoms with E-state index in [9.17, 15) is 4.79 Å². The summed E-state index contributed by atoms with van der Waals surface area (Å²) in [4.78, 5) is 10.1. The average Bonchev–Trinajstić information content (AvgIpc) is 2.37. The first-order chi connectivity index (χ1) is 4.86. The summed E-state index contributed by atoms with van der Waals surface area (Å²) in [6.45, 7) is 0.190. The molecule has 1 saturated heterocycles. The first-order valence-corrected chi connectivity index (χ1v) is 3.67. The fourth-order valence-corrected chi connectivity index (χ4v) is 1.35. The Morgan fingerprint density at radius 1 is 1.50 bits per heavy atom. The number of nitrogens with one attached hydrogen (secondary N) is 1. The maximum atomic E-state index is 10.1. The highest BCUT2D eigenvalue weighted by Crippen LogP contribution is 2.13. The van der Waals surface area contributed by atoms with Crippen LogP contribution in [-0.2, 0) is 4.79 Å². The van der Waals surface area contributed by atoms with Gasteiger partial charge < -0.3 is 15.2 Å². The lowest BCUT2D eigenvalue weighted by atomic mass is 10.1. The van der Waals surface area contributed by atoms with E-state index in [4.69, 9.17) is 5.11 Å². The molecule has 0 spiro atoms. The van der Waals surface area contributed by atoms with Gasteiger partial charge in [-0.3, -0.25) is 0 Å². The molecule has 2 N–H and O–H groups in total. The summed E-state index contributed by atoms with van der Waals surface area (Å²) in [5.74, 6) is 0. The van der Waals surface area contributed by atoms with Crippen molar-refractivity contribution in [3.63, 3.8) is 0 Å². The summed E-state index contributed by atoms with van der Waals surface area (Å²) in [7, 11) is 0. The molecular weight excluding hydrogens is 130 g/mol. The van der Waals surface area contributed by atoms with Crippen LogP contribution in [0.2, 0.25) is 0 Å². The first-order valence-electron chi connectivity index (χ1n) is 3.67.